The Balaban J connectivity index is 2.38. The van der Waals surface area contributed by atoms with Gasteiger partial charge in [0.15, 0.2) is 0 Å². The van der Waals surface area contributed by atoms with Crippen LogP contribution in [0.2, 0.25) is 0 Å². The van der Waals surface area contributed by atoms with Crippen molar-refractivity contribution in [2.75, 3.05) is 13.2 Å². The van der Waals surface area contributed by atoms with Gasteiger partial charge in [0, 0.05) is 12.5 Å². The Kier molecular flexibility index (Phi) is 4.23. The predicted octanol–water partition coefficient (Wildman–Crippen LogP) is 0.799. The first-order valence-electron chi connectivity index (χ1n) is 6.98. The lowest BCUT2D eigenvalue weighted by molar-refractivity contribution is 0.0674. The molecule has 1 aromatic rings. The van der Waals surface area contributed by atoms with Crippen LogP contribution >= 0.6 is 0 Å². The molecule has 2 rings (SSSR count). The number of aliphatic hydroxyl groups excluding tert-OH is 1. The number of likely N-dealkylation sites (tertiary alicyclic amines) is 1. The van der Waals surface area contributed by atoms with Gasteiger partial charge in [-0.3, -0.25) is 9.59 Å². The molecule has 1 aromatic heterocycles. The lowest BCUT2D eigenvalue weighted by Gasteiger charge is -2.23. The van der Waals surface area contributed by atoms with Crippen molar-refractivity contribution in [2.24, 2.45) is 0 Å². The van der Waals surface area contributed by atoms with Crippen molar-refractivity contribution in [3.8, 4) is 0 Å². The largest absolute Gasteiger partial charge is 0.394 e. The SMILES string of the molecule is Cc1nc(C(C)C)[nH]c(=O)c1C(=O)N1CCC[C@H]1CO. The average Bonchev–Trinajstić information content (AvgIpc) is 2.85. The highest BCUT2D eigenvalue weighted by molar-refractivity contribution is 5.95. The molecule has 0 bridgehead atoms. The van der Waals surface area contributed by atoms with Crippen LogP contribution in [0.5, 0.6) is 0 Å². The van der Waals surface area contributed by atoms with Gasteiger partial charge in [0.25, 0.3) is 11.5 Å². The Bertz CT molecular complexity index is 565. The zero-order valence-corrected chi connectivity index (χ0v) is 12.1. The van der Waals surface area contributed by atoms with E-state index in [9.17, 15) is 14.7 Å². The molecule has 1 saturated heterocycles. The second kappa shape index (κ2) is 5.75. The van der Waals surface area contributed by atoms with E-state index in [1.54, 1.807) is 11.8 Å². The molecule has 20 heavy (non-hydrogen) atoms. The predicted molar refractivity (Wildman–Crippen MR) is 74.8 cm³/mol. The summed E-state index contributed by atoms with van der Waals surface area (Å²) in [4.78, 5) is 33.2. The van der Waals surface area contributed by atoms with Crippen LogP contribution in [0.4, 0.5) is 0 Å². The molecule has 0 radical (unpaired) electrons. The molecule has 1 atom stereocenters. The molecule has 0 unspecified atom stereocenters. The highest BCUT2D eigenvalue weighted by atomic mass is 16.3. The second-order valence-corrected chi connectivity index (χ2v) is 5.54. The molecule has 1 amide bonds. The van der Waals surface area contributed by atoms with E-state index < -0.39 is 5.56 Å². The van der Waals surface area contributed by atoms with E-state index in [-0.39, 0.29) is 30.0 Å². The Hall–Kier alpha value is -1.69. The van der Waals surface area contributed by atoms with Crippen LogP contribution in [0.25, 0.3) is 0 Å². The molecule has 0 spiro atoms. The number of carbonyl (C=O) groups excluding carboxylic acids is 1. The van der Waals surface area contributed by atoms with E-state index in [2.05, 4.69) is 9.97 Å². The standard InChI is InChI=1S/C14H21N3O3/c1-8(2)12-15-9(3)11(13(19)16-12)14(20)17-6-4-5-10(17)7-18/h8,10,18H,4-7H2,1-3H3,(H,15,16,19)/t10-/m0/s1. The third-order valence-corrected chi connectivity index (χ3v) is 3.73. The first-order chi connectivity index (χ1) is 9.45. The Morgan fingerprint density at radius 2 is 2.25 bits per heavy atom. The highest BCUT2D eigenvalue weighted by Gasteiger charge is 2.31. The Morgan fingerprint density at radius 3 is 2.80 bits per heavy atom. The van der Waals surface area contributed by atoms with E-state index in [0.29, 0.717) is 18.1 Å². The minimum absolute atomic E-state index is 0.0692. The third-order valence-electron chi connectivity index (χ3n) is 3.73. The van der Waals surface area contributed by atoms with Crippen molar-refractivity contribution in [3.05, 3.63) is 27.4 Å². The fraction of sp³-hybridized carbons (Fsp3) is 0.643. The lowest BCUT2D eigenvalue weighted by Crippen LogP contribution is -2.41. The molecule has 6 nitrogen and oxygen atoms in total. The number of H-pyrrole nitrogens is 1. The number of hydrogen-bond acceptors (Lipinski definition) is 4. The van der Waals surface area contributed by atoms with Crippen molar-refractivity contribution in [3.63, 3.8) is 0 Å². The van der Waals surface area contributed by atoms with Crippen molar-refractivity contribution in [1.82, 2.24) is 14.9 Å². The number of aliphatic hydroxyl groups is 1. The summed E-state index contributed by atoms with van der Waals surface area (Å²) in [6.07, 6.45) is 1.63. The maximum absolute atomic E-state index is 12.5. The summed E-state index contributed by atoms with van der Waals surface area (Å²) < 4.78 is 0. The number of aromatic nitrogens is 2. The molecular weight excluding hydrogens is 258 g/mol. The number of nitrogens with zero attached hydrogens (tertiary/aromatic N) is 2. The smallest absolute Gasteiger partial charge is 0.264 e. The number of amides is 1. The number of aromatic amines is 1. The van der Waals surface area contributed by atoms with Gasteiger partial charge in [-0.1, -0.05) is 13.8 Å². The van der Waals surface area contributed by atoms with Gasteiger partial charge in [0.05, 0.1) is 18.3 Å². The van der Waals surface area contributed by atoms with E-state index in [1.807, 2.05) is 13.8 Å². The molecular formula is C14H21N3O3. The normalized spacial score (nSPS) is 18.9. The van der Waals surface area contributed by atoms with Gasteiger partial charge >= 0.3 is 0 Å². The monoisotopic (exact) mass is 279 g/mol. The number of aryl methyl sites for hydroxylation is 1. The molecule has 0 aromatic carbocycles. The number of nitrogens with one attached hydrogen (secondary N) is 1. The Morgan fingerprint density at radius 1 is 1.55 bits per heavy atom. The number of hydrogen-bond donors (Lipinski definition) is 2. The van der Waals surface area contributed by atoms with Gasteiger partial charge in [-0.15, -0.1) is 0 Å². The van der Waals surface area contributed by atoms with E-state index in [0.717, 1.165) is 12.8 Å². The minimum Gasteiger partial charge on any atom is -0.394 e. The maximum Gasteiger partial charge on any atom is 0.264 e. The topological polar surface area (TPSA) is 86.3 Å². The molecule has 6 heteroatoms. The summed E-state index contributed by atoms with van der Waals surface area (Å²) in [6, 6.07) is -0.189. The fourth-order valence-electron chi connectivity index (χ4n) is 2.57. The van der Waals surface area contributed by atoms with Crippen molar-refractivity contribution >= 4 is 5.91 Å². The maximum atomic E-state index is 12.5. The van der Waals surface area contributed by atoms with E-state index in [1.165, 1.54) is 0 Å². The molecule has 110 valence electrons. The van der Waals surface area contributed by atoms with Gasteiger partial charge in [0.2, 0.25) is 0 Å². The van der Waals surface area contributed by atoms with E-state index in [4.69, 9.17) is 0 Å². The summed E-state index contributed by atoms with van der Waals surface area (Å²) in [5.41, 5.74) is 0.149. The zero-order valence-electron chi connectivity index (χ0n) is 12.1. The quantitative estimate of drug-likeness (QED) is 0.857. The molecule has 0 saturated carbocycles. The summed E-state index contributed by atoms with van der Waals surface area (Å²) >= 11 is 0. The summed E-state index contributed by atoms with van der Waals surface area (Å²) in [5, 5.41) is 9.29. The van der Waals surface area contributed by atoms with Crippen LogP contribution in [0.3, 0.4) is 0 Å². The summed E-state index contributed by atoms with van der Waals surface area (Å²) in [7, 11) is 0. The zero-order chi connectivity index (χ0) is 14.9. The van der Waals surface area contributed by atoms with Crippen LogP contribution in [0.15, 0.2) is 4.79 Å². The van der Waals surface area contributed by atoms with Crippen molar-refractivity contribution in [1.29, 1.82) is 0 Å². The molecule has 0 aliphatic carbocycles. The fourth-order valence-corrected chi connectivity index (χ4v) is 2.57. The van der Waals surface area contributed by atoms with Crippen LogP contribution in [0, 0.1) is 6.92 Å². The average molecular weight is 279 g/mol. The van der Waals surface area contributed by atoms with Gasteiger partial charge in [0.1, 0.15) is 11.4 Å². The minimum atomic E-state index is -0.394. The first kappa shape index (κ1) is 14.7. The van der Waals surface area contributed by atoms with Gasteiger partial charge < -0.3 is 15.0 Å². The van der Waals surface area contributed by atoms with E-state index >= 15 is 0 Å². The van der Waals surface area contributed by atoms with Crippen molar-refractivity contribution in [2.45, 2.75) is 45.6 Å². The molecule has 1 aliphatic rings. The summed E-state index contributed by atoms with van der Waals surface area (Å²) in [6.45, 7) is 6.05. The molecule has 2 N–H and O–H groups in total. The summed E-state index contributed by atoms with van der Waals surface area (Å²) in [5.74, 6) is 0.356. The van der Waals surface area contributed by atoms with Crippen LogP contribution < -0.4 is 5.56 Å². The van der Waals surface area contributed by atoms with Gasteiger partial charge in [-0.05, 0) is 19.8 Å². The molecule has 2 heterocycles. The number of rotatable bonds is 3. The third kappa shape index (κ3) is 2.60. The molecule has 1 aliphatic heterocycles. The van der Waals surface area contributed by atoms with Gasteiger partial charge in [-0.25, -0.2) is 4.98 Å². The molecule has 1 fully saturated rings. The van der Waals surface area contributed by atoms with Crippen LogP contribution in [0.1, 0.15) is 54.5 Å². The number of carbonyl (C=O) groups is 1. The van der Waals surface area contributed by atoms with Crippen LogP contribution in [-0.4, -0.2) is 45.1 Å². The van der Waals surface area contributed by atoms with Crippen molar-refractivity contribution < 1.29 is 9.90 Å². The first-order valence-corrected chi connectivity index (χ1v) is 6.98. The highest BCUT2D eigenvalue weighted by Crippen LogP contribution is 2.19. The lowest BCUT2D eigenvalue weighted by atomic mass is 10.1. The Labute approximate surface area is 117 Å². The second-order valence-electron chi connectivity index (χ2n) is 5.54. The van der Waals surface area contributed by atoms with Gasteiger partial charge in [-0.2, -0.15) is 0 Å². The van der Waals surface area contributed by atoms with Crippen LogP contribution in [-0.2, 0) is 0 Å².